The van der Waals surface area contributed by atoms with E-state index in [9.17, 15) is 9.59 Å². The van der Waals surface area contributed by atoms with Crippen LogP contribution in [0.4, 0.5) is 5.69 Å². The Hall–Kier alpha value is -4.06. The molecule has 0 radical (unpaired) electrons. The summed E-state index contributed by atoms with van der Waals surface area (Å²) in [4.78, 5) is 26.4. The number of anilines is 1. The lowest BCUT2D eigenvalue weighted by Gasteiger charge is -2.13. The number of rotatable bonds is 3. The molecule has 0 unspecified atom stereocenters. The normalized spacial score (nSPS) is 13.1. The molecule has 2 heterocycles. The van der Waals surface area contributed by atoms with Gasteiger partial charge in [-0.1, -0.05) is 30.3 Å². The number of imide groups is 1. The summed E-state index contributed by atoms with van der Waals surface area (Å²) in [7, 11) is 0. The molecule has 0 saturated carbocycles. The van der Waals surface area contributed by atoms with Crippen molar-refractivity contribution in [3.63, 3.8) is 0 Å². The second-order valence-corrected chi connectivity index (χ2v) is 6.32. The highest BCUT2D eigenvalue weighted by atomic mass is 16.4. The summed E-state index contributed by atoms with van der Waals surface area (Å²) in [6.07, 6.45) is 0. The van der Waals surface area contributed by atoms with Crippen LogP contribution in [0.2, 0.25) is 0 Å². The molecular formula is C22H13N3O3. The van der Waals surface area contributed by atoms with Gasteiger partial charge in [-0.2, -0.15) is 0 Å². The van der Waals surface area contributed by atoms with Gasteiger partial charge in [-0.05, 0) is 48.5 Å². The number of hydrogen-bond acceptors (Lipinski definition) is 5. The van der Waals surface area contributed by atoms with Gasteiger partial charge in [0.25, 0.3) is 11.8 Å². The maximum atomic E-state index is 12.6. The van der Waals surface area contributed by atoms with E-state index in [0.717, 1.165) is 5.56 Å². The van der Waals surface area contributed by atoms with Gasteiger partial charge >= 0.3 is 0 Å². The van der Waals surface area contributed by atoms with Crippen LogP contribution >= 0.6 is 0 Å². The number of carbonyl (C=O) groups is 2. The molecule has 0 atom stereocenters. The topological polar surface area (TPSA) is 76.3 Å². The maximum Gasteiger partial charge on any atom is 0.266 e. The lowest BCUT2D eigenvalue weighted by atomic mass is 10.1. The Morgan fingerprint density at radius 2 is 1.11 bits per heavy atom. The predicted octanol–water partition coefficient (Wildman–Crippen LogP) is 4.20. The van der Waals surface area contributed by atoms with Crippen molar-refractivity contribution in [2.45, 2.75) is 0 Å². The van der Waals surface area contributed by atoms with Crippen molar-refractivity contribution >= 4 is 17.5 Å². The lowest BCUT2D eigenvalue weighted by Crippen LogP contribution is -2.29. The number of nitrogens with zero attached hydrogens (tertiary/aromatic N) is 3. The van der Waals surface area contributed by atoms with Crippen LogP contribution in [0.15, 0.2) is 83.3 Å². The molecule has 1 aromatic heterocycles. The predicted molar refractivity (Wildman–Crippen MR) is 103 cm³/mol. The fourth-order valence-corrected chi connectivity index (χ4v) is 3.21. The lowest BCUT2D eigenvalue weighted by molar-refractivity contribution is 0.0926. The molecule has 0 saturated heterocycles. The molecule has 3 aromatic carbocycles. The molecule has 28 heavy (non-hydrogen) atoms. The zero-order chi connectivity index (χ0) is 19.1. The van der Waals surface area contributed by atoms with Crippen molar-refractivity contribution in [1.29, 1.82) is 0 Å². The quantitative estimate of drug-likeness (QED) is 0.507. The van der Waals surface area contributed by atoms with Gasteiger partial charge in [0.05, 0.1) is 16.8 Å². The molecule has 134 valence electrons. The molecule has 0 fully saturated rings. The SMILES string of the molecule is O=C1c2ccccc2C(=O)N1c1ccc(-c2nnc(-c3ccccc3)o2)cc1. The van der Waals surface area contributed by atoms with E-state index in [2.05, 4.69) is 10.2 Å². The molecule has 0 aliphatic carbocycles. The van der Waals surface area contributed by atoms with Gasteiger partial charge in [0, 0.05) is 11.1 Å². The Kier molecular flexibility index (Phi) is 3.62. The first-order chi connectivity index (χ1) is 13.7. The zero-order valence-electron chi connectivity index (χ0n) is 14.6. The van der Waals surface area contributed by atoms with Crippen molar-refractivity contribution in [3.05, 3.63) is 90.0 Å². The third kappa shape index (κ3) is 2.51. The first kappa shape index (κ1) is 16.1. The van der Waals surface area contributed by atoms with E-state index in [1.165, 1.54) is 4.90 Å². The van der Waals surface area contributed by atoms with E-state index in [1.807, 2.05) is 30.3 Å². The summed E-state index contributed by atoms with van der Waals surface area (Å²) < 4.78 is 5.74. The van der Waals surface area contributed by atoms with E-state index < -0.39 is 0 Å². The molecule has 1 aliphatic heterocycles. The minimum Gasteiger partial charge on any atom is -0.416 e. The average Bonchev–Trinajstić information content (AvgIpc) is 3.33. The average molecular weight is 367 g/mol. The minimum atomic E-state index is -0.322. The number of carbonyl (C=O) groups excluding carboxylic acids is 2. The Bertz CT molecular complexity index is 1160. The number of fused-ring (bicyclic) bond motifs is 1. The highest BCUT2D eigenvalue weighted by Crippen LogP contribution is 2.30. The van der Waals surface area contributed by atoms with E-state index in [-0.39, 0.29) is 11.8 Å². The number of benzene rings is 3. The van der Waals surface area contributed by atoms with Crippen molar-refractivity contribution in [2.24, 2.45) is 0 Å². The van der Waals surface area contributed by atoms with Gasteiger partial charge in [-0.15, -0.1) is 10.2 Å². The van der Waals surface area contributed by atoms with Crippen LogP contribution in [-0.2, 0) is 0 Å². The van der Waals surface area contributed by atoms with Gasteiger partial charge in [-0.3, -0.25) is 9.59 Å². The molecule has 2 amide bonds. The summed E-state index contributed by atoms with van der Waals surface area (Å²) in [5.74, 6) is 0.155. The van der Waals surface area contributed by atoms with Crippen LogP contribution in [-0.4, -0.2) is 22.0 Å². The van der Waals surface area contributed by atoms with Crippen molar-refractivity contribution in [2.75, 3.05) is 4.90 Å². The summed E-state index contributed by atoms with van der Waals surface area (Å²) in [6.45, 7) is 0. The molecule has 4 aromatic rings. The van der Waals surface area contributed by atoms with Crippen LogP contribution in [0, 0.1) is 0 Å². The smallest absolute Gasteiger partial charge is 0.266 e. The monoisotopic (exact) mass is 367 g/mol. The van der Waals surface area contributed by atoms with Crippen LogP contribution in [0.5, 0.6) is 0 Å². The van der Waals surface area contributed by atoms with Gasteiger partial charge < -0.3 is 4.42 Å². The highest BCUT2D eigenvalue weighted by Gasteiger charge is 2.36. The molecule has 0 spiro atoms. The van der Waals surface area contributed by atoms with Gasteiger partial charge in [0.1, 0.15) is 0 Å². The molecule has 6 nitrogen and oxygen atoms in total. The Balaban J connectivity index is 1.44. The van der Waals surface area contributed by atoms with Crippen LogP contribution in [0.25, 0.3) is 22.9 Å². The van der Waals surface area contributed by atoms with E-state index in [1.54, 1.807) is 48.5 Å². The molecule has 6 heteroatoms. The minimum absolute atomic E-state index is 0.322. The fraction of sp³-hybridized carbons (Fsp3) is 0. The first-order valence-electron chi connectivity index (χ1n) is 8.69. The number of aromatic nitrogens is 2. The largest absolute Gasteiger partial charge is 0.416 e. The Morgan fingerprint density at radius 3 is 1.68 bits per heavy atom. The molecule has 0 N–H and O–H groups in total. The summed E-state index contributed by atoms with van der Waals surface area (Å²) in [6, 6.07) is 23.2. The third-order valence-electron chi connectivity index (χ3n) is 4.61. The third-order valence-corrected chi connectivity index (χ3v) is 4.61. The van der Waals surface area contributed by atoms with Crippen molar-refractivity contribution in [1.82, 2.24) is 10.2 Å². The molecular weight excluding hydrogens is 354 g/mol. The standard InChI is InChI=1S/C22H13N3O3/c26-21-17-8-4-5-9-18(17)22(27)25(21)16-12-10-15(11-13-16)20-24-23-19(28-20)14-6-2-1-3-7-14/h1-13H. The van der Waals surface area contributed by atoms with Crippen LogP contribution in [0.3, 0.4) is 0 Å². The molecule has 0 bridgehead atoms. The number of amides is 2. The fourth-order valence-electron chi connectivity index (χ4n) is 3.21. The van der Waals surface area contributed by atoms with Crippen LogP contribution in [0.1, 0.15) is 20.7 Å². The number of hydrogen-bond donors (Lipinski definition) is 0. The summed E-state index contributed by atoms with van der Waals surface area (Å²) in [5, 5.41) is 8.17. The van der Waals surface area contributed by atoms with Gasteiger partial charge in [-0.25, -0.2) is 4.90 Å². The Labute approximate surface area is 160 Å². The maximum absolute atomic E-state index is 12.6. The van der Waals surface area contributed by atoms with Gasteiger partial charge in [0.2, 0.25) is 11.8 Å². The summed E-state index contributed by atoms with van der Waals surface area (Å²) >= 11 is 0. The Morgan fingerprint density at radius 1 is 0.607 bits per heavy atom. The zero-order valence-corrected chi connectivity index (χ0v) is 14.6. The van der Waals surface area contributed by atoms with Gasteiger partial charge in [0.15, 0.2) is 0 Å². The van der Waals surface area contributed by atoms with Crippen LogP contribution < -0.4 is 4.90 Å². The van der Waals surface area contributed by atoms with E-state index >= 15 is 0 Å². The van der Waals surface area contributed by atoms with E-state index in [4.69, 9.17) is 4.42 Å². The summed E-state index contributed by atoms with van der Waals surface area (Å²) in [5.41, 5.74) is 2.87. The highest BCUT2D eigenvalue weighted by molar-refractivity contribution is 6.34. The van der Waals surface area contributed by atoms with Crippen molar-refractivity contribution in [3.8, 4) is 22.9 Å². The first-order valence-corrected chi connectivity index (χ1v) is 8.69. The molecule has 1 aliphatic rings. The molecule has 5 rings (SSSR count). The van der Waals surface area contributed by atoms with E-state index in [0.29, 0.717) is 34.2 Å². The second-order valence-electron chi connectivity index (χ2n) is 6.32. The van der Waals surface area contributed by atoms with Crippen molar-refractivity contribution < 1.29 is 14.0 Å². The second kappa shape index (κ2) is 6.28.